The Balaban J connectivity index is 1.83. The number of nitrogens with zero attached hydrogens (tertiary/aromatic N) is 4. The van der Waals surface area contributed by atoms with Gasteiger partial charge in [-0.3, -0.25) is 0 Å². The van der Waals surface area contributed by atoms with E-state index in [0.29, 0.717) is 17.8 Å². The lowest BCUT2D eigenvalue weighted by atomic mass is 10.1. The number of carbonyl (C=O) groups excluding carboxylic acids is 1. The summed E-state index contributed by atoms with van der Waals surface area (Å²) in [5.41, 5.74) is 1.12. The molecule has 3 heterocycles. The third-order valence-electron chi connectivity index (χ3n) is 3.57. The van der Waals surface area contributed by atoms with Crippen LogP contribution in [-0.2, 0) is 21.4 Å². The molecular formula is C13H16N4O4S. The molecule has 0 saturated carbocycles. The molecule has 0 saturated heterocycles. The van der Waals surface area contributed by atoms with Crippen LogP contribution in [0, 0.1) is 0 Å². The van der Waals surface area contributed by atoms with Crippen molar-refractivity contribution in [1.82, 2.24) is 17.8 Å². The zero-order valence-electron chi connectivity index (χ0n) is 12.2. The minimum Gasteiger partial charge on any atom is -0.459 e. The lowest BCUT2D eigenvalue weighted by molar-refractivity contribution is 0.0352. The van der Waals surface area contributed by atoms with E-state index in [1.165, 1.54) is 26.6 Å². The number of imidazole rings is 1. The van der Waals surface area contributed by atoms with Gasteiger partial charge in [-0.25, -0.2) is 13.8 Å². The van der Waals surface area contributed by atoms with Gasteiger partial charge in [0.05, 0.1) is 11.7 Å². The Kier molecular flexibility index (Phi) is 3.53. The Bertz CT molecular complexity index is 806. The summed E-state index contributed by atoms with van der Waals surface area (Å²) in [4.78, 5) is 15.7. The Labute approximate surface area is 128 Å². The fourth-order valence-corrected chi connectivity index (χ4v) is 3.17. The normalized spacial score (nSPS) is 18.3. The summed E-state index contributed by atoms with van der Waals surface area (Å²) in [7, 11) is -0.640. The summed E-state index contributed by atoms with van der Waals surface area (Å²) in [5, 5.41) is 0. The van der Waals surface area contributed by atoms with Crippen LogP contribution >= 0.6 is 0 Å². The van der Waals surface area contributed by atoms with Gasteiger partial charge in [0.2, 0.25) is 0 Å². The highest BCUT2D eigenvalue weighted by Crippen LogP contribution is 2.22. The van der Waals surface area contributed by atoms with Crippen LogP contribution < -0.4 is 0 Å². The molecule has 0 aromatic carbocycles. The molecular weight excluding hydrogens is 308 g/mol. The lowest BCUT2D eigenvalue weighted by Crippen LogP contribution is -2.29. The number of rotatable bonds is 4. The van der Waals surface area contributed by atoms with E-state index in [1.807, 2.05) is 10.8 Å². The number of carbonyl (C=O) groups is 1. The molecule has 0 bridgehead atoms. The van der Waals surface area contributed by atoms with Crippen molar-refractivity contribution < 1.29 is 17.9 Å². The summed E-state index contributed by atoms with van der Waals surface area (Å²) in [6, 6.07) is 3.39. The van der Waals surface area contributed by atoms with Crippen LogP contribution in [0.3, 0.4) is 0 Å². The SMILES string of the molecule is CN(C)S(=O)(=O)n1cnc(C[C@@H]2COC(=O)c3cccn32)c1. The fourth-order valence-electron chi connectivity index (χ4n) is 2.37. The van der Waals surface area contributed by atoms with Crippen molar-refractivity contribution in [2.24, 2.45) is 0 Å². The highest BCUT2D eigenvalue weighted by molar-refractivity contribution is 7.87. The highest BCUT2D eigenvalue weighted by atomic mass is 32.2. The largest absolute Gasteiger partial charge is 0.459 e. The standard InChI is InChI=1S/C13H16N4O4S/c1-15(2)22(19,20)16-7-10(14-9-16)6-11-8-21-13(18)12-4-3-5-17(11)12/h3-5,7,9,11H,6,8H2,1-2H3/t11-/m1/s1. The number of hydrogen-bond donors (Lipinski definition) is 0. The van der Waals surface area contributed by atoms with Crippen molar-refractivity contribution in [3.05, 3.63) is 42.2 Å². The van der Waals surface area contributed by atoms with Crippen LogP contribution in [0.2, 0.25) is 0 Å². The Morgan fingerprint density at radius 3 is 2.95 bits per heavy atom. The van der Waals surface area contributed by atoms with Gasteiger partial charge in [-0.2, -0.15) is 12.7 Å². The summed E-state index contributed by atoms with van der Waals surface area (Å²) in [5.74, 6) is -0.345. The molecule has 0 amide bonds. The molecule has 3 rings (SSSR count). The maximum Gasteiger partial charge on any atom is 0.355 e. The molecule has 0 unspecified atom stereocenters. The van der Waals surface area contributed by atoms with E-state index in [9.17, 15) is 13.2 Å². The molecule has 8 nitrogen and oxygen atoms in total. The fraction of sp³-hybridized carbons (Fsp3) is 0.385. The van der Waals surface area contributed by atoms with E-state index in [1.54, 1.807) is 12.1 Å². The summed E-state index contributed by atoms with van der Waals surface area (Å²) < 4.78 is 33.2. The van der Waals surface area contributed by atoms with Gasteiger partial charge < -0.3 is 9.30 Å². The minimum absolute atomic E-state index is 0.0897. The predicted molar refractivity (Wildman–Crippen MR) is 77.7 cm³/mol. The van der Waals surface area contributed by atoms with Crippen molar-refractivity contribution in [2.45, 2.75) is 12.5 Å². The van der Waals surface area contributed by atoms with Gasteiger partial charge in [-0.05, 0) is 12.1 Å². The number of hydrogen-bond acceptors (Lipinski definition) is 5. The van der Waals surface area contributed by atoms with Crippen LogP contribution in [0.25, 0.3) is 0 Å². The van der Waals surface area contributed by atoms with Gasteiger partial charge in [0, 0.05) is 32.9 Å². The van der Waals surface area contributed by atoms with Gasteiger partial charge in [0.15, 0.2) is 0 Å². The van der Waals surface area contributed by atoms with Crippen molar-refractivity contribution in [3.8, 4) is 0 Å². The number of aromatic nitrogens is 3. The molecule has 1 atom stereocenters. The second-order valence-corrected chi connectivity index (χ2v) is 7.29. The molecule has 0 fully saturated rings. The third kappa shape index (κ3) is 2.42. The third-order valence-corrected chi connectivity index (χ3v) is 5.23. The van der Waals surface area contributed by atoms with Crippen LogP contribution in [0.5, 0.6) is 0 Å². The first kappa shape index (κ1) is 14.8. The Morgan fingerprint density at radius 1 is 1.45 bits per heavy atom. The lowest BCUT2D eigenvalue weighted by Gasteiger charge is -2.24. The number of cyclic esters (lactones) is 1. The molecule has 9 heteroatoms. The quantitative estimate of drug-likeness (QED) is 0.755. The van der Waals surface area contributed by atoms with E-state index < -0.39 is 10.2 Å². The molecule has 0 aliphatic carbocycles. The van der Waals surface area contributed by atoms with Crippen molar-refractivity contribution >= 4 is 16.2 Å². The maximum atomic E-state index is 12.0. The summed E-state index contributed by atoms with van der Waals surface area (Å²) in [6.45, 7) is 0.244. The van der Waals surface area contributed by atoms with E-state index in [4.69, 9.17) is 4.74 Å². The smallest absolute Gasteiger partial charge is 0.355 e. The molecule has 22 heavy (non-hydrogen) atoms. The molecule has 1 aliphatic rings. The monoisotopic (exact) mass is 324 g/mol. The van der Waals surface area contributed by atoms with E-state index in [-0.39, 0.29) is 18.6 Å². The maximum absolute atomic E-state index is 12.0. The second kappa shape index (κ2) is 5.25. The zero-order valence-corrected chi connectivity index (χ0v) is 13.0. The number of fused-ring (bicyclic) bond motifs is 1. The van der Waals surface area contributed by atoms with Gasteiger partial charge in [-0.1, -0.05) is 0 Å². The highest BCUT2D eigenvalue weighted by Gasteiger charge is 2.27. The second-order valence-electron chi connectivity index (χ2n) is 5.24. The van der Waals surface area contributed by atoms with Crippen LogP contribution in [0.15, 0.2) is 30.9 Å². The molecule has 1 aliphatic heterocycles. The minimum atomic E-state index is -3.56. The van der Waals surface area contributed by atoms with Crippen molar-refractivity contribution in [1.29, 1.82) is 0 Å². The number of esters is 1. The first-order valence-electron chi connectivity index (χ1n) is 6.69. The summed E-state index contributed by atoms with van der Waals surface area (Å²) in [6.07, 6.45) is 5.05. The first-order chi connectivity index (χ1) is 10.4. The van der Waals surface area contributed by atoms with Gasteiger partial charge in [-0.15, -0.1) is 0 Å². The number of ether oxygens (including phenoxy) is 1. The molecule has 118 valence electrons. The van der Waals surface area contributed by atoms with Crippen LogP contribution in [-0.4, -0.2) is 52.9 Å². The molecule has 2 aromatic heterocycles. The topological polar surface area (TPSA) is 86.4 Å². The molecule has 2 aromatic rings. The van der Waals surface area contributed by atoms with Gasteiger partial charge in [0.25, 0.3) is 0 Å². The van der Waals surface area contributed by atoms with Crippen LogP contribution in [0.1, 0.15) is 22.2 Å². The molecule has 0 radical (unpaired) electrons. The van der Waals surface area contributed by atoms with Gasteiger partial charge >= 0.3 is 16.2 Å². The molecule has 0 N–H and O–H groups in total. The predicted octanol–water partition coefficient (Wildman–Crippen LogP) is 0.293. The summed E-state index contributed by atoms with van der Waals surface area (Å²) >= 11 is 0. The zero-order chi connectivity index (χ0) is 15.9. The molecule has 0 spiro atoms. The van der Waals surface area contributed by atoms with E-state index in [2.05, 4.69) is 4.98 Å². The Hall–Kier alpha value is -2.13. The van der Waals surface area contributed by atoms with Crippen molar-refractivity contribution in [2.75, 3.05) is 20.7 Å². The van der Waals surface area contributed by atoms with E-state index in [0.717, 1.165) is 8.28 Å². The average molecular weight is 324 g/mol. The van der Waals surface area contributed by atoms with Gasteiger partial charge in [0.1, 0.15) is 18.6 Å². The average Bonchev–Trinajstić information content (AvgIpc) is 3.11. The van der Waals surface area contributed by atoms with E-state index >= 15 is 0 Å². The van der Waals surface area contributed by atoms with Crippen LogP contribution in [0.4, 0.5) is 0 Å². The first-order valence-corrected chi connectivity index (χ1v) is 8.09. The Morgan fingerprint density at radius 2 is 2.23 bits per heavy atom. The van der Waals surface area contributed by atoms with Crippen molar-refractivity contribution in [3.63, 3.8) is 0 Å².